The van der Waals surface area contributed by atoms with Gasteiger partial charge in [0.2, 0.25) is 0 Å². The molecule has 1 N–H and O–H groups in total. The molecule has 0 bridgehead atoms. The maximum absolute atomic E-state index is 5.57. The molecule has 0 amide bonds. The average Bonchev–Trinajstić information content (AvgIpc) is 2.76. The molecule has 1 atom stereocenters. The number of rotatable bonds is 9. The highest BCUT2D eigenvalue weighted by Crippen LogP contribution is 2.04. The summed E-state index contributed by atoms with van der Waals surface area (Å²) in [4.78, 5) is 0. The van der Waals surface area contributed by atoms with Crippen LogP contribution in [0.4, 0.5) is 0 Å². The van der Waals surface area contributed by atoms with E-state index in [1.165, 1.54) is 12.8 Å². The van der Waals surface area contributed by atoms with Crippen LogP contribution in [0.5, 0.6) is 0 Å². The minimum absolute atomic E-state index is 0.676. The van der Waals surface area contributed by atoms with Gasteiger partial charge in [0, 0.05) is 13.2 Å². The molecule has 0 aromatic carbocycles. The number of hydrogen-bond donors (Lipinski definition) is 1. The van der Waals surface area contributed by atoms with E-state index in [4.69, 9.17) is 9.15 Å². The van der Waals surface area contributed by atoms with Gasteiger partial charge in [-0.25, -0.2) is 0 Å². The lowest BCUT2D eigenvalue weighted by Gasteiger charge is -2.10. The molecule has 0 spiro atoms. The lowest BCUT2D eigenvalue weighted by atomic mass is 10.1. The van der Waals surface area contributed by atoms with Crippen LogP contribution < -0.4 is 5.32 Å². The van der Waals surface area contributed by atoms with Gasteiger partial charge in [0.25, 0.3) is 0 Å². The highest BCUT2D eigenvalue weighted by atomic mass is 16.5. The molecule has 3 heteroatoms. The second kappa shape index (κ2) is 8.36. The third-order valence-electron chi connectivity index (χ3n) is 2.49. The maximum Gasteiger partial charge on any atom is 0.117 e. The van der Waals surface area contributed by atoms with Gasteiger partial charge in [-0.05, 0) is 24.5 Å². The third-order valence-corrected chi connectivity index (χ3v) is 2.49. The summed E-state index contributed by atoms with van der Waals surface area (Å²) < 4.78 is 10.8. The summed E-state index contributed by atoms with van der Waals surface area (Å²) in [5, 5.41) is 3.27. The fourth-order valence-electron chi connectivity index (χ4n) is 1.63. The van der Waals surface area contributed by atoms with Gasteiger partial charge in [0.05, 0.1) is 19.4 Å². The van der Waals surface area contributed by atoms with Crippen molar-refractivity contribution in [3.8, 4) is 0 Å². The molecule has 1 aromatic heterocycles. The lowest BCUT2D eigenvalue weighted by Crippen LogP contribution is -2.20. The second-order valence-electron chi connectivity index (χ2n) is 4.22. The van der Waals surface area contributed by atoms with Crippen molar-refractivity contribution in [1.82, 2.24) is 5.32 Å². The molecule has 16 heavy (non-hydrogen) atoms. The molecule has 1 aromatic rings. The first kappa shape index (κ1) is 13.3. The topological polar surface area (TPSA) is 34.4 Å². The highest BCUT2D eigenvalue weighted by Gasteiger charge is 2.00. The zero-order valence-electron chi connectivity index (χ0n) is 10.4. The largest absolute Gasteiger partial charge is 0.468 e. The molecule has 1 heterocycles. The Labute approximate surface area is 98.2 Å². The first-order chi connectivity index (χ1) is 7.83. The Hall–Kier alpha value is -0.800. The van der Waals surface area contributed by atoms with E-state index in [-0.39, 0.29) is 0 Å². The Morgan fingerprint density at radius 3 is 3.06 bits per heavy atom. The summed E-state index contributed by atoms with van der Waals surface area (Å²) >= 11 is 0. The Bertz CT molecular complexity index is 246. The lowest BCUT2D eigenvalue weighted by molar-refractivity contribution is 0.103. The molecule has 0 saturated carbocycles. The molecule has 0 aliphatic heterocycles. The summed E-state index contributed by atoms with van der Waals surface area (Å²) in [6.45, 7) is 7.74. The van der Waals surface area contributed by atoms with Crippen LogP contribution in [-0.4, -0.2) is 19.8 Å². The van der Waals surface area contributed by atoms with Crippen LogP contribution in [0.1, 0.15) is 32.4 Å². The van der Waals surface area contributed by atoms with Crippen LogP contribution in [0, 0.1) is 5.92 Å². The van der Waals surface area contributed by atoms with Gasteiger partial charge in [-0.15, -0.1) is 0 Å². The van der Waals surface area contributed by atoms with Crippen molar-refractivity contribution in [2.45, 2.75) is 33.2 Å². The fourth-order valence-corrected chi connectivity index (χ4v) is 1.63. The SMILES string of the molecule is CCCC(C)COCCNCc1ccco1. The van der Waals surface area contributed by atoms with Gasteiger partial charge in [0.1, 0.15) is 5.76 Å². The first-order valence-corrected chi connectivity index (χ1v) is 6.13. The van der Waals surface area contributed by atoms with Crippen molar-refractivity contribution in [1.29, 1.82) is 0 Å². The number of nitrogens with one attached hydrogen (secondary N) is 1. The molecule has 1 rings (SSSR count). The van der Waals surface area contributed by atoms with Gasteiger partial charge >= 0.3 is 0 Å². The van der Waals surface area contributed by atoms with Gasteiger partial charge in [-0.1, -0.05) is 20.3 Å². The summed E-state index contributed by atoms with van der Waals surface area (Å²) in [5.41, 5.74) is 0. The maximum atomic E-state index is 5.57. The molecule has 0 radical (unpaired) electrons. The van der Waals surface area contributed by atoms with Gasteiger partial charge in [0.15, 0.2) is 0 Å². The molecule has 0 saturated heterocycles. The van der Waals surface area contributed by atoms with Crippen LogP contribution in [-0.2, 0) is 11.3 Å². The molecule has 3 nitrogen and oxygen atoms in total. The van der Waals surface area contributed by atoms with Crippen molar-refractivity contribution in [3.05, 3.63) is 24.2 Å². The molecule has 0 fully saturated rings. The van der Waals surface area contributed by atoms with E-state index in [1.807, 2.05) is 12.1 Å². The molecule has 0 aliphatic rings. The fraction of sp³-hybridized carbons (Fsp3) is 0.692. The van der Waals surface area contributed by atoms with Gasteiger partial charge in [-0.2, -0.15) is 0 Å². The molecular formula is C13H23NO2. The Morgan fingerprint density at radius 1 is 1.50 bits per heavy atom. The molecule has 92 valence electrons. The average molecular weight is 225 g/mol. The predicted octanol–water partition coefficient (Wildman–Crippen LogP) is 2.82. The van der Waals surface area contributed by atoms with E-state index >= 15 is 0 Å². The van der Waals surface area contributed by atoms with E-state index < -0.39 is 0 Å². The standard InChI is InChI=1S/C13H23NO2/c1-3-5-12(2)11-15-9-7-14-10-13-6-4-8-16-13/h4,6,8,12,14H,3,5,7,9-11H2,1-2H3. The Balaban J connectivity index is 1.88. The number of furan rings is 1. The van der Waals surface area contributed by atoms with Crippen LogP contribution >= 0.6 is 0 Å². The monoisotopic (exact) mass is 225 g/mol. The smallest absolute Gasteiger partial charge is 0.117 e. The van der Waals surface area contributed by atoms with E-state index in [1.54, 1.807) is 6.26 Å². The van der Waals surface area contributed by atoms with E-state index in [0.717, 1.165) is 32.1 Å². The first-order valence-electron chi connectivity index (χ1n) is 6.13. The zero-order valence-corrected chi connectivity index (χ0v) is 10.4. The predicted molar refractivity (Wildman–Crippen MR) is 65.3 cm³/mol. The summed E-state index contributed by atoms with van der Waals surface area (Å²) in [6.07, 6.45) is 4.18. The zero-order chi connectivity index (χ0) is 11.6. The molecule has 1 unspecified atom stereocenters. The third kappa shape index (κ3) is 5.93. The van der Waals surface area contributed by atoms with Gasteiger partial charge in [-0.3, -0.25) is 0 Å². The number of ether oxygens (including phenoxy) is 1. The minimum Gasteiger partial charge on any atom is -0.468 e. The minimum atomic E-state index is 0.676. The molecule has 0 aliphatic carbocycles. The number of hydrogen-bond acceptors (Lipinski definition) is 3. The molecular weight excluding hydrogens is 202 g/mol. The summed E-state index contributed by atoms with van der Waals surface area (Å²) in [6, 6.07) is 3.87. The van der Waals surface area contributed by atoms with Crippen molar-refractivity contribution >= 4 is 0 Å². The van der Waals surface area contributed by atoms with E-state index in [9.17, 15) is 0 Å². The van der Waals surface area contributed by atoms with Crippen LogP contribution in [0.15, 0.2) is 22.8 Å². The van der Waals surface area contributed by atoms with E-state index in [0.29, 0.717) is 5.92 Å². The normalized spacial score (nSPS) is 12.9. The van der Waals surface area contributed by atoms with Crippen LogP contribution in [0.25, 0.3) is 0 Å². The second-order valence-corrected chi connectivity index (χ2v) is 4.22. The highest BCUT2D eigenvalue weighted by molar-refractivity contribution is 4.97. The Morgan fingerprint density at radius 2 is 2.38 bits per heavy atom. The van der Waals surface area contributed by atoms with Crippen molar-refractivity contribution in [2.24, 2.45) is 5.92 Å². The van der Waals surface area contributed by atoms with Gasteiger partial charge < -0.3 is 14.5 Å². The van der Waals surface area contributed by atoms with Crippen LogP contribution in [0.3, 0.4) is 0 Å². The van der Waals surface area contributed by atoms with Crippen molar-refractivity contribution in [3.63, 3.8) is 0 Å². The summed E-state index contributed by atoms with van der Waals surface area (Å²) in [7, 11) is 0. The Kier molecular flexibility index (Phi) is 6.93. The summed E-state index contributed by atoms with van der Waals surface area (Å²) in [5.74, 6) is 1.65. The van der Waals surface area contributed by atoms with Crippen molar-refractivity contribution in [2.75, 3.05) is 19.8 Å². The van der Waals surface area contributed by atoms with Crippen molar-refractivity contribution < 1.29 is 9.15 Å². The van der Waals surface area contributed by atoms with Crippen LogP contribution in [0.2, 0.25) is 0 Å². The van der Waals surface area contributed by atoms with E-state index in [2.05, 4.69) is 19.2 Å². The quantitative estimate of drug-likeness (QED) is 0.656.